The number of ether oxygens (including phenoxy) is 1. The van der Waals surface area contributed by atoms with Crippen LogP contribution < -0.4 is 0 Å². The first-order chi connectivity index (χ1) is 5.54. The molecule has 0 bridgehead atoms. The van der Waals surface area contributed by atoms with Gasteiger partial charge in [-0.1, -0.05) is 39.8 Å². The Morgan fingerprint density at radius 2 is 2.08 bits per heavy atom. The maximum Gasteiger partial charge on any atom is 0.0807 e. The molecular formula is C11H20O. The van der Waals surface area contributed by atoms with Gasteiger partial charge in [-0.2, -0.15) is 0 Å². The lowest BCUT2D eigenvalue weighted by Gasteiger charge is -2.34. The van der Waals surface area contributed by atoms with Crippen LogP contribution in [-0.2, 0) is 4.74 Å². The predicted octanol–water partition coefficient (Wildman–Crippen LogP) is 3.16. The van der Waals surface area contributed by atoms with Gasteiger partial charge in [0.05, 0.1) is 12.2 Å². The molecule has 0 aromatic heterocycles. The van der Waals surface area contributed by atoms with Crippen LogP contribution in [0.5, 0.6) is 0 Å². The molecule has 0 aliphatic carbocycles. The molecule has 2 unspecified atom stereocenters. The molecule has 1 rings (SSSR count). The minimum atomic E-state index is 0.240. The van der Waals surface area contributed by atoms with Crippen LogP contribution in [-0.4, -0.2) is 12.2 Å². The van der Waals surface area contributed by atoms with Gasteiger partial charge >= 0.3 is 0 Å². The van der Waals surface area contributed by atoms with E-state index in [4.69, 9.17) is 4.74 Å². The molecule has 2 atom stereocenters. The topological polar surface area (TPSA) is 9.23 Å². The third-order valence-corrected chi connectivity index (χ3v) is 2.36. The van der Waals surface area contributed by atoms with Crippen LogP contribution in [0.2, 0.25) is 0 Å². The van der Waals surface area contributed by atoms with Gasteiger partial charge in [0.25, 0.3) is 0 Å². The van der Waals surface area contributed by atoms with E-state index in [1.54, 1.807) is 0 Å². The molecule has 1 nitrogen and oxygen atoms in total. The molecule has 0 radical (unpaired) electrons. The van der Waals surface area contributed by atoms with Gasteiger partial charge in [-0.3, -0.25) is 0 Å². The summed E-state index contributed by atoms with van der Waals surface area (Å²) in [6.07, 6.45) is 7.41. The molecule has 1 heterocycles. The summed E-state index contributed by atoms with van der Waals surface area (Å²) in [5, 5.41) is 0. The highest BCUT2D eigenvalue weighted by molar-refractivity contribution is 5.00. The predicted molar refractivity (Wildman–Crippen MR) is 52.2 cm³/mol. The Morgan fingerprint density at radius 1 is 1.42 bits per heavy atom. The second-order valence-electron chi connectivity index (χ2n) is 4.62. The summed E-state index contributed by atoms with van der Waals surface area (Å²) in [5.41, 5.74) is 0.240. The molecule has 0 N–H and O–H groups in total. The lowest BCUT2D eigenvalue weighted by atomic mass is 9.87. The first-order valence-corrected chi connectivity index (χ1v) is 4.86. The summed E-state index contributed by atoms with van der Waals surface area (Å²) in [6.45, 7) is 8.85. The second kappa shape index (κ2) is 3.61. The van der Waals surface area contributed by atoms with Crippen molar-refractivity contribution in [3.8, 4) is 0 Å². The molecule has 1 aliphatic rings. The van der Waals surface area contributed by atoms with Gasteiger partial charge in [0.1, 0.15) is 0 Å². The van der Waals surface area contributed by atoms with Crippen LogP contribution in [0.4, 0.5) is 0 Å². The van der Waals surface area contributed by atoms with Crippen molar-refractivity contribution in [3.05, 3.63) is 12.2 Å². The standard InChI is InChI=1S/C11H20O/c1-5-9-7-6-8-10(12-9)11(2,3)4/h6,8-10H,5,7H2,1-4H3. The largest absolute Gasteiger partial charge is 0.370 e. The smallest absolute Gasteiger partial charge is 0.0807 e. The maximum atomic E-state index is 5.91. The highest BCUT2D eigenvalue weighted by atomic mass is 16.5. The van der Waals surface area contributed by atoms with Crippen LogP contribution in [0.1, 0.15) is 40.5 Å². The highest BCUT2D eigenvalue weighted by Gasteiger charge is 2.27. The third kappa shape index (κ3) is 2.34. The molecule has 1 heteroatoms. The van der Waals surface area contributed by atoms with Crippen molar-refractivity contribution in [1.29, 1.82) is 0 Å². The van der Waals surface area contributed by atoms with Gasteiger partial charge in [0.2, 0.25) is 0 Å². The van der Waals surface area contributed by atoms with Crippen molar-refractivity contribution in [2.24, 2.45) is 5.41 Å². The normalized spacial score (nSPS) is 30.7. The van der Waals surface area contributed by atoms with Gasteiger partial charge in [-0.15, -0.1) is 0 Å². The quantitative estimate of drug-likeness (QED) is 0.546. The Morgan fingerprint density at radius 3 is 2.58 bits per heavy atom. The molecule has 0 spiro atoms. The zero-order valence-corrected chi connectivity index (χ0v) is 8.63. The lowest BCUT2D eigenvalue weighted by Crippen LogP contribution is -2.33. The van der Waals surface area contributed by atoms with E-state index in [2.05, 4.69) is 39.8 Å². The van der Waals surface area contributed by atoms with E-state index in [9.17, 15) is 0 Å². The van der Waals surface area contributed by atoms with Gasteiger partial charge in [0.15, 0.2) is 0 Å². The van der Waals surface area contributed by atoms with Crippen LogP contribution in [0.3, 0.4) is 0 Å². The molecule has 0 fully saturated rings. The number of hydrogen-bond donors (Lipinski definition) is 0. The molecule has 0 aromatic carbocycles. The fraction of sp³-hybridized carbons (Fsp3) is 0.818. The van der Waals surface area contributed by atoms with Gasteiger partial charge in [0, 0.05) is 0 Å². The van der Waals surface area contributed by atoms with Crippen LogP contribution >= 0.6 is 0 Å². The molecule has 1 aliphatic heterocycles. The highest BCUT2D eigenvalue weighted by Crippen LogP contribution is 2.28. The van der Waals surface area contributed by atoms with E-state index in [1.807, 2.05) is 0 Å². The summed E-state index contributed by atoms with van der Waals surface area (Å²) in [5.74, 6) is 0. The first kappa shape index (κ1) is 9.79. The third-order valence-electron chi connectivity index (χ3n) is 2.36. The summed E-state index contributed by atoms with van der Waals surface area (Å²) in [7, 11) is 0. The zero-order valence-electron chi connectivity index (χ0n) is 8.63. The summed E-state index contributed by atoms with van der Waals surface area (Å²) >= 11 is 0. The van der Waals surface area contributed by atoms with Crippen molar-refractivity contribution in [2.45, 2.75) is 52.7 Å². The Kier molecular flexibility index (Phi) is 2.94. The van der Waals surface area contributed by atoms with Gasteiger partial charge < -0.3 is 4.74 Å². The van der Waals surface area contributed by atoms with Crippen molar-refractivity contribution >= 4 is 0 Å². The maximum absolute atomic E-state index is 5.91. The average molecular weight is 168 g/mol. The Labute approximate surface area is 75.8 Å². The van der Waals surface area contributed by atoms with Gasteiger partial charge in [-0.05, 0) is 18.3 Å². The fourth-order valence-corrected chi connectivity index (χ4v) is 1.42. The molecule has 0 aromatic rings. The van der Waals surface area contributed by atoms with E-state index in [0.29, 0.717) is 12.2 Å². The lowest BCUT2D eigenvalue weighted by molar-refractivity contribution is -0.0465. The monoisotopic (exact) mass is 168 g/mol. The van der Waals surface area contributed by atoms with Crippen LogP contribution in [0.15, 0.2) is 12.2 Å². The van der Waals surface area contributed by atoms with E-state index in [1.165, 1.54) is 0 Å². The Hall–Kier alpha value is -0.300. The Bertz CT molecular complexity index is 164. The van der Waals surface area contributed by atoms with Crippen LogP contribution in [0, 0.1) is 5.41 Å². The minimum absolute atomic E-state index is 0.240. The minimum Gasteiger partial charge on any atom is -0.370 e. The van der Waals surface area contributed by atoms with Crippen LogP contribution in [0.25, 0.3) is 0 Å². The average Bonchev–Trinajstić information content (AvgIpc) is 2.03. The summed E-state index contributed by atoms with van der Waals surface area (Å²) < 4.78 is 5.91. The van der Waals surface area contributed by atoms with Crippen molar-refractivity contribution in [2.75, 3.05) is 0 Å². The summed E-state index contributed by atoms with van der Waals surface area (Å²) in [4.78, 5) is 0. The molecule has 0 amide bonds. The van der Waals surface area contributed by atoms with Gasteiger partial charge in [-0.25, -0.2) is 0 Å². The number of rotatable bonds is 1. The molecule has 70 valence electrons. The molecule has 0 saturated heterocycles. The van der Waals surface area contributed by atoms with E-state index < -0.39 is 0 Å². The molecular weight excluding hydrogens is 148 g/mol. The first-order valence-electron chi connectivity index (χ1n) is 4.86. The van der Waals surface area contributed by atoms with E-state index in [-0.39, 0.29) is 5.41 Å². The number of hydrogen-bond acceptors (Lipinski definition) is 1. The van der Waals surface area contributed by atoms with Crippen molar-refractivity contribution < 1.29 is 4.74 Å². The summed E-state index contributed by atoms with van der Waals surface area (Å²) in [6, 6.07) is 0. The zero-order chi connectivity index (χ0) is 9.19. The van der Waals surface area contributed by atoms with E-state index in [0.717, 1.165) is 12.8 Å². The van der Waals surface area contributed by atoms with Crippen molar-refractivity contribution in [1.82, 2.24) is 0 Å². The second-order valence-corrected chi connectivity index (χ2v) is 4.62. The molecule has 12 heavy (non-hydrogen) atoms. The SMILES string of the molecule is CCC1CC=CC(C(C)(C)C)O1. The Balaban J connectivity index is 2.58. The van der Waals surface area contributed by atoms with E-state index >= 15 is 0 Å². The molecule has 0 saturated carbocycles. The fourth-order valence-electron chi connectivity index (χ4n) is 1.42. The van der Waals surface area contributed by atoms with Crippen molar-refractivity contribution in [3.63, 3.8) is 0 Å².